The molecule has 1 aliphatic heterocycles. The number of benzene rings is 2. The minimum atomic E-state index is 0.255. The second kappa shape index (κ2) is 7.09. The quantitative estimate of drug-likeness (QED) is 0.728. The lowest BCUT2D eigenvalue weighted by Crippen LogP contribution is -2.40. The zero-order valence-electron chi connectivity index (χ0n) is 14.3. The van der Waals surface area contributed by atoms with Gasteiger partial charge in [0.2, 0.25) is 5.91 Å². The van der Waals surface area contributed by atoms with Crippen LogP contribution in [0.25, 0.3) is 10.8 Å². The Bertz CT molecular complexity index is 856. The number of piperidine rings is 1. The van der Waals surface area contributed by atoms with E-state index in [1.54, 1.807) is 6.20 Å². The van der Waals surface area contributed by atoms with Crippen molar-refractivity contribution in [3.63, 3.8) is 0 Å². The molecule has 4 nitrogen and oxygen atoms in total. The summed E-state index contributed by atoms with van der Waals surface area (Å²) in [5, 5.41) is 6.82. The van der Waals surface area contributed by atoms with Crippen LogP contribution in [0.4, 0.5) is 0 Å². The molecule has 2 heterocycles. The summed E-state index contributed by atoms with van der Waals surface area (Å²) in [6, 6.07) is 17.1. The second-order valence-corrected chi connectivity index (χ2v) is 6.80. The van der Waals surface area contributed by atoms with E-state index < -0.39 is 0 Å². The molecule has 0 saturated carbocycles. The number of carbonyl (C=O) groups excluding carboxylic acids is 1. The van der Waals surface area contributed by atoms with Gasteiger partial charge in [-0.15, -0.1) is 0 Å². The number of amides is 1. The number of fused-ring (bicyclic) bond motifs is 1. The largest absolute Gasteiger partial charge is 0.341 e. The van der Waals surface area contributed by atoms with Gasteiger partial charge >= 0.3 is 0 Å². The lowest BCUT2D eigenvalue weighted by molar-refractivity contribution is -0.132. The Labute approximate surface area is 148 Å². The molecule has 1 aliphatic rings. The van der Waals surface area contributed by atoms with Crippen LogP contribution < -0.4 is 0 Å². The van der Waals surface area contributed by atoms with Gasteiger partial charge in [-0.3, -0.25) is 9.48 Å². The van der Waals surface area contributed by atoms with Gasteiger partial charge in [0.15, 0.2) is 0 Å². The van der Waals surface area contributed by atoms with Gasteiger partial charge in [-0.05, 0) is 41.7 Å². The number of rotatable bonds is 4. The van der Waals surface area contributed by atoms with Gasteiger partial charge in [-0.1, -0.05) is 42.5 Å². The van der Waals surface area contributed by atoms with E-state index in [0.29, 0.717) is 12.5 Å². The van der Waals surface area contributed by atoms with Crippen molar-refractivity contribution < 1.29 is 4.79 Å². The third-order valence-electron chi connectivity index (χ3n) is 5.09. The fourth-order valence-corrected chi connectivity index (χ4v) is 3.70. The number of nitrogens with zero attached hydrogens (tertiary/aromatic N) is 3. The predicted octanol–water partition coefficient (Wildman–Crippen LogP) is 3.83. The van der Waals surface area contributed by atoms with Crippen LogP contribution in [0.15, 0.2) is 60.9 Å². The van der Waals surface area contributed by atoms with E-state index in [1.807, 2.05) is 21.8 Å². The molecule has 3 aromatic rings. The smallest absolute Gasteiger partial charge is 0.222 e. The van der Waals surface area contributed by atoms with E-state index in [-0.39, 0.29) is 5.91 Å². The summed E-state index contributed by atoms with van der Waals surface area (Å²) in [4.78, 5) is 14.7. The highest BCUT2D eigenvalue weighted by Crippen LogP contribution is 2.22. The number of likely N-dealkylation sites (tertiary alicyclic amines) is 1. The van der Waals surface area contributed by atoms with Gasteiger partial charge in [-0.2, -0.15) is 5.10 Å². The van der Waals surface area contributed by atoms with Crippen LogP contribution in [0.2, 0.25) is 0 Å². The Morgan fingerprint density at radius 2 is 2.00 bits per heavy atom. The first kappa shape index (κ1) is 15.9. The molecule has 0 radical (unpaired) electrons. The second-order valence-electron chi connectivity index (χ2n) is 6.80. The number of hydrogen-bond donors (Lipinski definition) is 0. The third-order valence-corrected chi connectivity index (χ3v) is 5.09. The Kier molecular flexibility index (Phi) is 4.51. The molecule has 0 N–H and O–H groups in total. The molecule has 2 aromatic carbocycles. The SMILES string of the molecule is O=C(CCc1ccc2ccccc2c1)N1CCCC(n2cccn2)C1. The minimum absolute atomic E-state index is 0.255. The normalized spacial score (nSPS) is 17.8. The zero-order chi connectivity index (χ0) is 17.1. The van der Waals surface area contributed by atoms with Crippen LogP contribution in [-0.4, -0.2) is 33.7 Å². The first-order valence-electron chi connectivity index (χ1n) is 9.04. The van der Waals surface area contributed by atoms with Crippen LogP contribution in [-0.2, 0) is 11.2 Å². The van der Waals surface area contributed by atoms with E-state index in [1.165, 1.54) is 16.3 Å². The van der Waals surface area contributed by atoms with Crippen LogP contribution in [0, 0.1) is 0 Å². The van der Waals surface area contributed by atoms with E-state index in [0.717, 1.165) is 32.4 Å². The zero-order valence-corrected chi connectivity index (χ0v) is 14.3. The summed E-state index contributed by atoms with van der Waals surface area (Å²) in [6.07, 6.45) is 7.31. The Morgan fingerprint density at radius 1 is 1.12 bits per heavy atom. The highest BCUT2D eigenvalue weighted by Gasteiger charge is 2.24. The Balaban J connectivity index is 1.37. The first-order valence-corrected chi connectivity index (χ1v) is 9.04. The molecule has 25 heavy (non-hydrogen) atoms. The molecule has 1 unspecified atom stereocenters. The molecule has 1 fully saturated rings. The van der Waals surface area contributed by atoms with Crippen molar-refractivity contribution in [2.24, 2.45) is 0 Å². The van der Waals surface area contributed by atoms with Crippen LogP contribution in [0.5, 0.6) is 0 Å². The lowest BCUT2D eigenvalue weighted by Gasteiger charge is -2.33. The maximum absolute atomic E-state index is 12.6. The van der Waals surface area contributed by atoms with Gasteiger partial charge in [0.1, 0.15) is 0 Å². The topological polar surface area (TPSA) is 38.1 Å². The van der Waals surface area contributed by atoms with Crippen LogP contribution in [0.1, 0.15) is 30.9 Å². The Morgan fingerprint density at radius 3 is 2.84 bits per heavy atom. The maximum atomic E-state index is 12.6. The summed E-state index contributed by atoms with van der Waals surface area (Å²) >= 11 is 0. The van der Waals surface area contributed by atoms with Crippen LogP contribution >= 0.6 is 0 Å². The highest BCUT2D eigenvalue weighted by atomic mass is 16.2. The van der Waals surface area contributed by atoms with E-state index >= 15 is 0 Å². The molecule has 4 rings (SSSR count). The van der Waals surface area contributed by atoms with Crippen LogP contribution in [0.3, 0.4) is 0 Å². The summed E-state index contributed by atoms with van der Waals surface area (Å²) in [6.45, 7) is 1.65. The fraction of sp³-hybridized carbons (Fsp3) is 0.333. The number of aryl methyl sites for hydroxylation is 1. The van der Waals surface area contributed by atoms with Crippen molar-refractivity contribution in [1.29, 1.82) is 0 Å². The average Bonchev–Trinajstić information content (AvgIpc) is 3.21. The molecule has 0 aliphatic carbocycles. The third kappa shape index (κ3) is 3.58. The summed E-state index contributed by atoms with van der Waals surface area (Å²) < 4.78 is 1.99. The lowest BCUT2D eigenvalue weighted by atomic mass is 10.0. The van der Waals surface area contributed by atoms with Gasteiger partial charge in [-0.25, -0.2) is 0 Å². The average molecular weight is 333 g/mol. The number of aromatic nitrogens is 2. The molecule has 4 heteroatoms. The summed E-state index contributed by atoms with van der Waals surface area (Å²) in [5.74, 6) is 0.255. The van der Waals surface area contributed by atoms with E-state index in [4.69, 9.17) is 0 Å². The van der Waals surface area contributed by atoms with Crippen molar-refractivity contribution >= 4 is 16.7 Å². The molecule has 128 valence electrons. The maximum Gasteiger partial charge on any atom is 0.222 e. The minimum Gasteiger partial charge on any atom is -0.341 e. The predicted molar refractivity (Wildman–Crippen MR) is 99.3 cm³/mol. The molecule has 1 atom stereocenters. The van der Waals surface area contributed by atoms with Gasteiger partial charge in [0.05, 0.1) is 6.04 Å². The van der Waals surface area contributed by atoms with Gasteiger partial charge < -0.3 is 4.90 Å². The summed E-state index contributed by atoms with van der Waals surface area (Å²) in [7, 11) is 0. The molecule has 1 amide bonds. The Hall–Kier alpha value is -2.62. The van der Waals surface area contributed by atoms with Crippen molar-refractivity contribution in [2.75, 3.05) is 13.1 Å². The fourth-order valence-electron chi connectivity index (χ4n) is 3.70. The molecule has 0 bridgehead atoms. The van der Waals surface area contributed by atoms with Gasteiger partial charge in [0.25, 0.3) is 0 Å². The number of carbonyl (C=O) groups is 1. The van der Waals surface area contributed by atoms with E-state index in [2.05, 4.69) is 47.6 Å². The molecular weight excluding hydrogens is 310 g/mol. The molecule has 0 spiro atoms. The van der Waals surface area contributed by atoms with Crippen molar-refractivity contribution in [1.82, 2.24) is 14.7 Å². The van der Waals surface area contributed by atoms with Gasteiger partial charge in [0, 0.05) is 31.9 Å². The monoisotopic (exact) mass is 333 g/mol. The van der Waals surface area contributed by atoms with Crippen molar-refractivity contribution in [3.05, 3.63) is 66.5 Å². The molecular formula is C21H23N3O. The van der Waals surface area contributed by atoms with E-state index in [9.17, 15) is 4.79 Å². The summed E-state index contributed by atoms with van der Waals surface area (Å²) in [5.41, 5.74) is 1.23. The van der Waals surface area contributed by atoms with Crippen molar-refractivity contribution in [2.45, 2.75) is 31.7 Å². The standard InChI is InChI=1S/C21H23N3O/c25-21(23-13-3-7-20(16-23)24-14-4-12-22-24)11-9-17-8-10-18-5-1-2-6-19(18)15-17/h1-2,4-6,8,10,12,14-15,20H,3,7,9,11,13,16H2. The molecule has 1 aromatic heterocycles. The first-order chi connectivity index (χ1) is 12.3. The molecule has 1 saturated heterocycles. The van der Waals surface area contributed by atoms with Crippen molar-refractivity contribution in [3.8, 4) is 0 Å². The number of hydrogen-bond acceptors (Lipinski definition) is 2. The highest BCUT2D eigenvalue weighted by molar-refractivity contribution is 5.83.